The predicted molar refractivity (Wildman–Crippen MR) is 138 cm³/mol. The molecule has 0 aromatic heterocycles. The molecule has 1 unspecified atom stereocenters. The molecule has 194 valence electrons. The molecular formula is C28H36N2O6. The van der Waals surface area contributed by atoms with Crippen molar-refractivity contribution in [3.8, 4) is 17.2 Å². The summed E-state index contributed by atoms with van der Waals surface area (Å²) in [7, 11) is 1.43. The second-order valence-electron chi connectivity index (χ2n) is 9.18. The van der Waals surface area contributed by atoms with Gasteiger partial charge in [-0.3, -0.25) is 9.59 Å². The van der Waals surface area contributed by atoms with Crippen molar-refractivity contribution in [3.63, 3.8) is 0 Å². The highest BCUT2D eigenvalue weighted by molar-refractivity contribution is 6.46. The zero-order valence-corrected chi connectivity index (χ0v) is 21.7. The first-order chi connectivity index (χ1) is 17.2. The van der Waals surface area contributed by atoms with Crippen LogP contribution in [-0.2, 0) is 9.59 Å². The van der Waals surface area contributed by atoms with Gasteiger partial charge < -0.3 is 29.5 Å². The highest BCUT2D eigenvalue weighted by Gasteiger charge is 2.46. The summed E-state index contributed by atoms with van der Waals surface area (Å²) in [6, 6.07) is 10.7. The summed E-state index contributed by atoms with van der Waals surface area (Å²) in [5, 5.41) is 21.4. The van der Waals surface area contributed by atoms with Crippen LogP contribution in [0.2, 0.25) is 0 Å². The van der Waals surface area contributed by atoms with Crippen molar-refractivity contribution >= 4 is 17.4 Å². The van der Waals surface area contributed by atoms with Gasteiger partial charge in [0.2, 0.25) is 0 Å². The van der Waals surface area contributed by atoms with Gasteiger partial charge >= 0.3 is 0 Å². The minimum Gasteiger partial charge on any atom is -0.507 e. The number of nitrogens with zero attached hydrogens (tertiary/aromatic N) is 2. The second kappa shape index (κ2) is 11.9. The highest BCUT2D eigenvalue weighted by atomic mass is 16.5. The molecule has 0 radical (unpaired) electrons. The van der Waals surface area contributed by atoms with Crippen LogP contribution in [0.15, 0.2) is 48.0 Å². The Morgan fingerprint density at radius 2 is 1.75 bits per heavy atom. The average molecular weight is 497 g/mol. The van der Waals surface area contributed by atoms with E-state index in [1.165, 1.54) is 18.1 Å². The molecule has 1 aliphatic heterocycles. The van der Waals surface area contributed by atoms with Crippen molar-refractivity contribution in [3.05, 3.63) is 59.2 Å². The molecule has 1 fully saturated rings. The SMILES string of the molecule is CCN(CC)CCN1C(=O)C(=O)/C(=C(/O)c2ccc(OCC(C)C)cc2)C1c1ccc(O)c(OC)c1. The van der Waals surface area contributed by atoms with Gasteiger partial charge in [-0.15, -0.1) is 0 Å². The van der Waals surface area contributed by atoms with Crippen LogP contribution in [-0.4, -0.2) is 71.6 Å². The number of ketones is 1. The number of hydrogen-bond donors (Lipinski definition) is 2. The maximum atomic E-state index is 13.2. The number of aliphatic hydroxyl groups is 1. The smallest absolute Gasteiger partial charge is 0.295 e. The number of aromatic hydroxyl groups is 1. The van der Waals surface area contributed by atoms with E-state index in [9.17, 15) is 19.8 Å². The van der Waals surface area contributed by atoms with Crippen LogP contribution in [0.5, 0.6) is 17.2 Å². The fraction of sp³-hybridized carbons (Fsp3) is 0.429. The monoisotopic (exact) mass is 496 g/mol. The summed E-state index contributed by atoms with van der Waals surface area (Å²) in [4.78, 5) is 30.0. The highest BCUT2D eigenvalue weighted by Crippen LogP contribution is 2.41. The van der Waals surface area contributed by atoms with Gasteiger partial charge in [-0.25, -0.2) is 0 Å². The Hall–Kier alpha value is -3.52. The van der Waals surface area contributed by atoms with Crippen LogP contribution in [0.4, 0.5) is 0 Å². The predicted octanol–water partition coefficient (Wildman–Crippen LogP) is 4.20. The molecule has 2 aromatic carbocycles. The lowest BCUT2D eigenvalue weighted by Gasteiger charge is -2.28. The van der Waals surface area contributed by atoms with Crippen LogP contribution >= 0.6 is 0 Å². The first-order valence-corrected chi connectivity index (χ1v) is 12.3. The van der Waals surface area contributed by atoms with Crippen molar-refractivity contribution in [1.29, 1.82) is 0 Å². The van der Waals surface area contributed by atoms with Gasteiger partial charge in [0.05, 0.1) is 25.3 Å². The number of Topliss-reactive ketones (excluding diaryl/α,β-unsaturated/α-hetero) is 1. The van der Waals surface area contributed by atoms with E-state index in [-0.39, 0.29) is 22.8 Å². The Morgan fingerprint density at radius 1 is 1.08 bits per heavy atom. The molecule has 1 amide bonds. The van der Waals surface area contributed by atoms with Crippen molar-refractivity contribution in [2.75, 3.05) is 39.9 Å². The van der Waals surface area contributed by atoms with Gasteiger partial charge in [0, 0.05) is 18.7 Å². The molecule has 0 aliphatic carbocycles. The second-order valence-corrected chi connectivity index (χ2v) is 9.18. The third-order valence-corrected chi connectivity index (χ3v) is 6.32. The number of carbonyl (C=O) groups excluding carboxylic acids is 2. The van der Waals surface area contributed by atoms with E-state index in [0.29, 0.717) is 42.5 Å². The lowest BCUT2D eigenvalue weighted by molar-refractivity contribution is -0.140. The molecule has 0 bridgehead atoms. The van der Waals surface area contributed by atoms with E-state index >= 15 is 0 Å². The quantitative estimate of drug-likeness (QED) is 0.273. The number of methoxy groups -OCH3 is 1. The number of ether oxygens (including phenoxy) is 2. The number of phenolic OH excluding ortho intramolecular Hbond substituents is 1. The molecule has 1 atom stereocenters. The average Bonchev–Trinajstić information content (AvgIpc) is 3.13. The van der Waals surface area contributed by atoms with E-state index in [4.69, 9.17) is 9.47 Å². The fourth-order valence-corrected chi connectivity index (χ4v) is 4.24. The van der Waals surface area contributed by atoms with Crippen molar-refractivity contribution in [2.45, 2.75) is 33.7 Å². The first-order valence-electron chi connectivity index (χ1n) is 12.3. The molecule has 8 heteroatoms. The Balaban J connectivity index is 2.06. The number of hydrogen-bond acceptors (Lipinski definition) is 7. The number of carbonyl (C=O) groups is 2. The zero-order valence-electron chi connectivity index (χ0n) is 21.7. The summed E-state index contributed by atoms with van der Waals surface area (Å²) in [6.07, 6.45) is 0. The van der Waals surface area contributed by atoms with Gasteiger partial charge in [0.15, 0.2) is 11.5 Å². The number of phenols is 1. The summed E-state index contributed by atoms with van der Waals surface area (Å²) >= 11 is 0. The van der Waals surface area contributed by atoms with E-state index in [0.717, 1.165) is 13.1 Å². The van der Waals surface area contributed by atoms with E-state index in [1.807, 2.05) is 13.8 Å². The molecule has 3 rings (SSSR count). The van der Waals surface area contributed by atoms with Crippen LogP contribution in [0.25, 0.3) is 5.76 Å². The maximum absolute atomic E-state index is 13.2. The molecular weight excluding hydrogens is 460 g/mol. The normalized spacial score (nSPS) is 17.3. The van der Waals surface area contributed by atoms with Crippen LogP contribution in [0.1, 0.15) is 44.9 Å². The number of aliphatic hydroxyl groups excluding tert-OH is 1. The van der Waals surface area contributed by atoms with Crippen molar-refractivity contribution < 1.29 is 29.3 Å². The third-order valence-electron chi connectivity index (χ3n) is 6.32. The number of amides is 1. The molecule has 0 saturated carbocycles. The largest absolute Gasteiger partial charge is 0.507 e. The van der Waals surface area contributed by atoms with Crippen LogP contribution in [0.3, 0.4) is 0 Å². The van der Waals surface area contributed by atoms with Crippen molar-refractivity contribution in [1.82, 2.24) is 9.80 Å². The number of likely N-dealkylation sites (N-methyl/N-ethyl adjacent to an activating group) is 1. The Bertz CT molecular complexity index is 1110. The number of benzene rings is 2. The van der Waals surface area contributed by atoms with Gasteiger partial charge in [-0.2, -0.15) is 0 Å². The van der Waals surface area contributed by atoms with Gasteiger partial charge in [0.1, 0.15) is 11.5 Å². The lowest BCUT2D eigenvalue weighted by atomic mass is 9.95. The number of likely N-dealkylation sites (tertiary alicyclic amines) is 1. The van der Waals surface area contributed by atoms with Gasteiger partial charge in [0.25, 0.3) is 11.7 Å². The Morgan fingerprint density at radius 3 is 2.33 bits per heavy atom. The summed E-state index contributed by atoms with van der Waals surface area (Å²) < 4.78 is 11.0. The first kappa shape index (κ1) is 27.1. The molecule has 36 heavy (non-hydrogen) atoms. The Labute approximate surface area is 212 Å². The van der Waals surface area contributed by atoms with E-state index in [1.54, 1.807) is 36.4 Å². The van der Waals surface area contributed by atoms with Gasteiger partial charge in [-0.1, -0.05) is 33.8 Å². The molecule has 8 nitrogen and oxygen atoms in total. The third kappa shape index (κ3) is 5.82. The summed E-state index contributed by atoms with van der Waals surface area (Å²) in [6.45, 7) is 11.2. The fourth-order valence-electron chi connectivity index (χ4n) is 4.24. The summed E-state index contributed by atoms with van der Waals surface area (Å²) in [5.41, 5.74) is 0.967. The topological polar surface area (TPSA) is 99.5 Å². The van der Waals surface area contributed by atoms with Crippen molar-refractivity contribution in [2.24, 2.45) is 5.92 Å². The van der Waals surface area contributed by atoms with Crippen LogP contribution < -0.4 is 9.47 Å². The lowest BCUT2D eigenvalue weighted by Crippen LogP contribution is -2.38. The zero-order chi connectivity index (χ0) is 26.4. The molecule has 1 saturated heterocycles. The molecule has 1 heterocycles. The van der Waals surface area contributed by atoms with E-state index < -0.39 is 17.7 Å². The standard InChI is InChI=1S/C28H36N2O6/c1-6-29(7-2)14-15-30-25(20-10-13-22(31)23(16-20)35-5)24(27(33)28(30)34)26(32)19-8-11-21(12-9-19)36-17-18(3)4/h8-13,16,18,25,31-32H,6-7,14-15,17H2,1-5H3/b26-24+. The minimum atomic E-state index is -0.827. The molecule has 2 aromatic rings. The Kier molecular flexibility index (Phi) is 8.98. The van der Waals surface area contributed by atoms with E-state index in [2.05, 4.69) is 18.7 Å². The molecule has 2 N–H and O–H groups in total. The van der Waals surface area contributed by atoms with Crippen LogP contribution in [0, 0.1) is 5.92 Å². The number of rotatable bonds is 11. The van der Waals surface area contributed by atoms with Gasteiger partial charge in [-0.05, 0) is 61.0 Å². The maximum Gasteiger partial charge on any atom is 0.295 e. The molecule has 0 spiro atoms. The molecule has 1 aliphatic rings. The summed E-state index contributed by atoms with van der Waals surface area (Å²) in [5.74, 6) is -0.493. The minimum absolute atomic E-state index is 0.00291.